The minimum atomic E-state index is -1.18. The number of rotatable bonds is 4. The second kappa shape index (κ2) is 8.29. The van der Waals surface area contributed by atoms with Crippen molar-refractivity contribution in [2.75, 3.05) is 0 Å². The van der Waals surface area contributed by atoms with Gasteiger partial charge in [-0.25, -0.2) is 0 Å². The molecule has 0 aliphatic heterocycles. The molecule has 0 spiro atoms. The van der Waals surface area contributed by atoms with Gasteiger partial charge in [-0.1, -0.05) is 24.3 Å². The fourth-order valence-corrected chi connectivity index (χ4v) is 6.35. The van der Waals surface area contributed by atoms with E-state index in [1.54, 1.807) is 12.1 Å². The Morgan fingerprint density at radius 1 is 1.28 bits per heavy atom. The molecule has 0 bridgehead atoms. The smallest absolute Gasteiger partial charge is 0.191 e. The van der Waals surface area contributed by atoms with Gasteiger partial charge in [-0.3, -0.25) is 0 Å². The Labute approximate surface area is 114 Å². The Morgan fingerprint density at radius 3 is 2.17 bits per heavy atom. The molecule has 0 atom stereocenters. The number of hydrogen-bond donors (Lipinski definition) is 1. The molecule has 1 rings (SSSR count). The van der Waals surface area contributed by atoms with Crippen LogP contribution in [0.5, 0.6) is 5.75 Å². The fourth-order valence-electron chi connectivity index (χ4n) is 1.45. The average molecular weight is 282 g/mol. The summed E-state index contributed by atoms with van der Waals surface area (Å²) in [5.74, 6) is 0.349. The molecular formula is C14H25O2Si2. The lowest BCUT2D eigenvalue weighted by atomic mass is 10.1. The predicted octanol–water partition coefficient (Wildman–Crippen LogP) is 4.21. The van der Waals surface area contributed by atoms with E-state index in [9.17, 15) is 5.11 Å². The Balaban J connectivity index is 0.000000331. The summed E-state index contributed by atoms with van der Waals surface area (Å²) < 4.78 is 5.68. The highest BCUT2D eigenvalue weighted by atomic mass is 28.4. The van der Waals surface area contributed by atoms with E-state index in [4.69, 9.17) is 4.12 Å². The average Bonchev–Trinajstić information content (AvgIpc) is 2.19. The first-order valence-electron chi connectivity index (χ1n) is 6.13. The first kappa shape index (κ1) is 17.2. The zero-order valence-corrected chi connectivity index (χ0v) is 14.2. The lowest BCUT2D eigenvalue weighted by Gasteiger charge is -2.19. The van der Waals surface area contributed by atoms with E-state index in [0.717, 1.165) is 12.0 Å². The normalized spacial score (nSPS) is 10.8. The number of benzene rings is 1. The van der Waals surface area contributed by atoms with Crippen molar-refractivity contribution < 1.29 is 9.22 Å². The van der Waals surface area contributed by atoms with Crippen LogP contribution in [-0.2, 0) is 10.5 Å². The van der Waals surface area contributed by atoms with Crippen LogP contribution in [0.25, 0.3) is 0 Å². The van der Waals surface area contributed by atoms with Crippen LogP contribution in [0.2, 0.25) is 32.7 Å². The van der Waals surface area contributed by atoms with E-state index in [0.29, 0.717) is 5.75 Å². The zero-order valence-electron chi connectivity index (χ0n) is 12.2. The lowest BCUT2D eigenvalue weighted by Crippen LogP contribution is -2.31. The van der Waals surface area contributed by atoms with Crippen molar-refractivity contribution in [1.29, 1.82) is 0 Å². The molecule has 18 heavy (non-hydrogen) atoms. The largest absolute Gasteiger partial charge is 0.508 e. The topological polar surface area (TPSA) is 29.5 Å². The van der Waals surface area contributed by atoms with Crippen LogP contribution >= 0.6 is 0 Å². The third-order valence-corrected chi connectivity index (χ3v) is 5.95. The molecular weight excluding hydrogens is 256 g/mol. The van der Waals surface area contributed by atoms with E-state index in [-0.39, 0.29) is 0 Å². The summed E-state index contributed by atoms with van der Waals surface area (Å²) in [6.07, 6.45) is 2.50. The molecule has 0 aromatic heterocycles. The van der Waals surface area contributed by atoms with E-state index in [1.807, 2.05) is 18.2 Å². The summed E-state index contributed by atoms with van der Waals surface area (Å²) in [6, 6.07) is 7.27. The zero-order chi connectivity index (χ0) is 14.2. The molecule has 0 fully saturated rings. The molecule has 1 aromatic rings. The Morgan fingerprint density at radius 2 is 1.83 bits per heavy atom. The molecule has 0 aliphatic carbocycles. The van der Waals surface area contributed by atoms with Crippen LogP contribution in [0.15, 0.2) is 36.9 Å². The Bertz CT molecular complexity index is 357. The highest BCUT2D eigenvalue weighted by Crippen LogP contribution is 2.15. The molecule has 0 saturated heterocycles. The lowest BCUT2D eigenvalue weighted by molar-refractivity contribution is 0.470. The molecule has 1 aromatic carbocycles. The maximum atomic E-state index is 9.19. The van der Waals surface area contributed by atoms with Gasteiger partial charge in [0.25, 0.3) is 0 Å². The number of aromatic hydroxyl groups is 1. The number of phenols is 1. The van der Waals surface area contributed by atoms with Crippen LogP contribution in [0, 0.1) is 0 Å². The number of hydrogen-bond acceptors (Lipinski definition) is 2. The van der Waals surface area contributed by atoms with Crippen LogP contribution in [-0.4, -0.2) is 22.5 Å². The minimum Gasteiger partial charge on any atom is -0.508 e. The molecule has 101 valence electrons. The molecule has 0 amide bonds. The van der Waals surface area contributed by atoms with E-state index < -0.39 is 17.4 Å². The van der Waals surface area contributed by atoms with Crippen LogP contribution in [0.3, 0.4) is 0 Å². The summed E-state index contributed by atoms with van der Waals surface area (Å²) in [7, 11) is -1.61. The molecule has 1 N–H and O–H groups in total. The Kier molecular flexibility index (Phi) is 7.90. The van der Waals surface area contributed by atoms with E-state index in [1.165, 1.54) is 0 Å². The summed E-state index contributed by atoms with van der Waals surface area (Å²) in [5, 5.41) is 9.19. The molecule has 0 saturated carbocycles. The van der Waals surface area contributed by atoms with Gasteiger partial charge in [0.1, 0.15) is 5.75 Å². The summed E-state index contributed by atoms with van der Waals surface area (Å²) in [5.41, 5.74) is 0.928. The maximum Gasteiger partial charge on any atom is 0.191 e. The van der Waals surface area contributed by atoms with Gasteiger partial charge in [-0.05, 0) is 50.8 Å². The van der Waals surface area contributed by atoms with Crippen molar-refractivity contribution in [3.63, 3.8) is 0 Å². The summed E-state index contributed by atoms with van der Waals surface area (Å²) in [6.45, 7) is 14.6. The van der Waals surface area contributed by atoms with Crippen molar-refractivity contribution in [2.24, 2.45) is 0 Å². The minimum absolute atomic E-state index is 0.349. The highest BCUT2D eigenvalue weighted by molar-refractivity contribution is 6.76. The Hall–Kier alpha value is -0.846. The van der Waals surface area contributed by atoms with Crippen LogP contribution < -0.4 is 0 Å². The van der Waals surface area contributed by atoms with Gasteiger partial charge in [-0.15, -0.1) is 6.58 Å². The third kappa shape index (κ3) is 9.21. The monoisotopic (exact) mass is 281 g/mol. The summed E-state index contributed by atoms with van der Waals surface area (Å²) in [4.78, 5) is 0. The summed E-state index contributed by atoms with van der Waals surface area (Å²) >= 11 is 0. The number of para-hydroxylation sites is 1. The molecule has 0 unspecified atom stereocenters. The molecule has 2 nitrogen and oxygen atoms in total. The second-order valence-electron chi connectivity index (χ2n) is 5.24. The quantitative estimate of drug-likeness (QED) is 0.662. The maximum absolute atomic E-state index is 9.19. The van der Waals surface area contributed by atoms with Crippen molar-refractivity contribution in [2.45, 2.75) is 39.2 Å². The molecule has 4 heteroatoms. The van der Waals surface area contributed by atoms with Gasteiger partial charge >= 0.3 is 0 Å². The first-order chi connectivity index (χ1) is 8.26. The highest BCUT2D eigenvalue weighted by Gasteiger charge is 2.15. The van der Waals surface area contributed by atoms with Gasteiger partial charge in [-0.2, -0.15) is 0 Å². The van der Waals surface area contributed by atoms with Crippen molar-refractivity contribution >= 4 is 17.4 Å². The number of allylic oxidation sites excluding steroid dienone is 1. The van der Waals surface area contributed by atoms with Crippen molar-refractivity contribution in [3.8, 4) is 5.75 Å². The second-order valence-corrected chi connectivity index (χ2v) is 12.1. The third-order valence-electron chi connectivity index (χ3n) is 1.87. The van der Waals surface area contributed by atoms with Crippen LogP contribution in [0.4, 0.5) is 0 Å². The van der Waals surface area contributed by atoms with Gasteiger partial charge in [0.05, 0.1) is 0 Å². The molecule has 0 aliphatic rings. The van der Waals surface area contributed by atoms with Gasteiger partial charge in [0.2, 0.25) is 0 Å². The van der Waals surface area contributed by atoms with Crippen molar-refractivity contribution in [3.05, 3.63) is 42.5 Å². The standard InChI is InChI=1S/C9H10O.C5H15OSi2/c1-2-5-8-6-3-4-7-9(8)10;1-7(2)6-8(3,4)5/h2-4,6-7,10H,1,5H2;1-5H3. The van der Waals surface area contributed by atoms with Crippen molar-refractivity contribution in [1.82, 2.24) is 0 Å². The fraction of sp³-hybridized carbons (Fsp3) is 0.429. The predicted molar refractivity (Wildman–Crippen MR) is 83.9 cm³/mol. The molecule has 1 radical (unpaired) electrons. The number of phenolic OH excluding ortho intramolecular Hbond substituents is 1. The molecule has 0 heterocycles. The SMILES string of the molecule is C=CCc1ccccc1O.C[Si](C)O[Si](C)(C)C. The first-order valence-corrected chi connectivity index (χ1v) is 11.9. The van der Waals surface area contributed by atoms with Crippen LogP contribution in [0.1, 0.15) is 5.56 Å². The van der Waals surface area contributed by atoms with E-state index >= 15 is 0 Å². The van der Waals surface area contributed by atoms with Gasteiger partial charge in [0, 0.05) is 0 Å². The van der Waals surface area contributed by atoms with E-state index in [2.05, 4.69) is 39.3 Å². The van der Waals surface area contributed by atoms with Gasteiger partial charge < -0.3 is 9.22 Å². The van der Waals surface area contributed by atoms with Gasteiger partial charge in [0.15, 0.2) is 17.4 Å².